The van der Waals surface area contributed by atoms with Gasteiger partial charge in [-0.2, -0.15) is 0 Å². The Morgan fingerprint density at radius 1 is 1.47 bits per heavy atom. The van der Waals surface area contributed by atoms with Crippen molar-refractivity contribution in [3.05, 3.63) is 17.5 Å². The van der Waals surface area contributed by atoms with Crippen molar-refractivity contribution in [1.29, 1.82) is 0 Å². The van der Waals surface area contributed by atoms with Gasteiger partial charge in [-0.05, 0) is 45.8 Å². The molecular formula is C13H23N3O. The Morgan fingerprint density at radius 2 is 2.24 bits per heavy atom. The molecule has 0 unspecified atom stereocenters. The summed E-state index contributed by atoms with van der Waals surface area (Å²) >= 11 is 0. The maximum atomic E-state index is 5.32. The number of aryl methyl sites for hydroxylation is 1. The molecule has 0 radical (unpaired) electrons. The summed E-state index contributed by atoms with van der Waals surface area (Å²) in [6.45, 7) is 8.53. The van der Waals surface area contributed by atoms with E-state index in [4.69, 9.17) is 4.52 Å². The highest BCUT2D eigenvalue weighted by Gasteiger charge is 2.21. The molecule has 1 fully saturated rings. The lowest BCUT2D eigenvalue weighted by Gasteiger charge is -2.33. The Hall–Kier alpha value is -0.870. The van der Waals surface area contributed by atoms with Crippen LogP contribution in [0.2, 0.25) is 0 Å². The number of rotatable bonds is 5. The maximum Gasteiger partial charge on any atom is 0.150 e. The fourth-order valence-electron chi connectivity index (χ4n) is 2.54. The van der Waals surface area contributed by atoms with Gasteiger partial charge < -0.3 is 9.84 Å². The van der Waals surface area contributed by atoms with Crippen molar-refractivity contribution in [2.24, 2.45) is 0 Å². The van der Waals surface area contributed by atoms with Gasteiger partial charge in [0.2, 0.25) is 0 Å². The minimum absolute atomic E-state index is 0.696. The van der Waals surface area contributed by atoms with Gasteiger partial charge in [-0.15, -0.1) is 0 Å². The van der Waals surface area contributed by atoms with Crippen molar-refractivity contribution in [3.8, 4) is 0 Å². The van der Waals surface area contributed by atoms with Crippen molar-refractivity contribution in [3.63, 3.8) is 0 Å². The minimum atomic E-state index is 0.696. The molecule has 0 aromatic carbocycles. The van der Waals surface area contributed by atoms with Crippen LogP contribution in [-0.2, 0) is 6.54 Å². The molecule has 1 saturated heterocycles. The molecule has 1 aromatic rings. The second-order valence-electron chi connectivity index (χ2n) is 4.89. The van der Waals surface area contributed by atoms with Crippen LogP contribution in [0.4, 0.5) is 0 Å². The topological polar surface area (TPSA) is 41.3 Å². The van der Waals surface area contributed by atoms with Crippen molar-refractivity contribution >= 4 is 0 Å². The Kier molecular flexibility index (Phi) is 4.57. The quantitative estimate of drug-likeness (QED) is 0.850. The smallest absolute Gasteiger partial charge is 0.150 e. The van der Waals surface area contributed by atoms with Gasteiger partial charge in [-0.25, -0.2) is 0 Å². The largest absolute Gasteiger partial charge is 0.360 e. The summed E-state index contributed by atoms with van der Waals surface area (Å²) in [5.74, 6) is 0.995. The van der Waals surface area contributed by atoms with E-state index in [2.05, 4.69) is 22.3 Å². The fraction of sp³-hybridized carbons (Fsp3) is 0.769. The summed E-state index contributed by atoms with van der Waals surface area (Å²) in [4.78, 5) is 2.54. The minimum Gasteiger partial charge on any atom is -0.360 e. The number of aromatic nitrogens is 1. The van der Waals surface area contributed by atoms with E-state index < -0.39 is 0 Å². The zero-order valence-electron chi connectivity index (χ0n) is 10.9. The van der Waals surface area contributed by atoms with E-state index in [0.717, 1.165) is 37.6 Å². The summed E-state index contributed by atoms with van der Waals surface area (Å²) in [5, 5.41) is 7.38. The number of hydrogen-bond donors (Lipinski definition) is 1. The van der Waals surface area contributed by atoms with Crippen molar-refractivity contribution in [1.82, 2.24) is 15.4 Å². The SMILES string of the molecule is CCCN(Cc1cc(C)no1)C1CCNCC1. The first-order valence-corrected chi connectivity index (χ1v) is 6.66. The Morgan fingerprint density at radius 3 is 2.82 bits per heavy atom. The van der Waals surface area contributed by atoms with Gasteiger partial charge in [0.05, 0.1) is 12.2 Å². The van der Waals surface area contributed by atoms with Crippen LogP contribution in [0, 0.1) is 6.92 Å². The van der Waals surface area contributed by atoms with Gasteiger partial charge in [0.1, 0.15) is 0 Å². The fourth-order valence-corrected chi connectivity index (χ4v) is 2.54. The first-order valence-electron chi connectivity index (χ1n) is 6.66. The molecule has 0 bridgehead atoms. The molecule has 0 amide bonds. The second-order valence-corrected chi connectivity index (χ2v) is 4.89. The summed E-state index contributed by atoms with van der Waals surface area (Å²) in [7, 11) is 0. The standard InChI is InChI=1S/C13H23N3O/c1-3-8-16(12-4-6-14-7-5-12)10-13-9-11(2)15-17-13/h9,12,14H,3-8,10H2,1-2H3. The van der Waals surface area contributed by atoms with Crippen molar-refractivity contribution < 1.29 is 4.52 Å². The molecule has 1 aliphatic heterocycles. The molecule has 17 heavy (non-hydrogen) atoms. The lowest BCUT2D eigenvalue weighted by Crippen LogP contribution is -2.43. The number of piperidine rings is 1. The Balaban J connectivity index is 1.95. The third-order valence-electron chi connectivity index (χ3n) is 3.37. The summed E-state index contributed by atoms with van der Waals surface area (Å²) < 4.78 is 5.32. The predicted octanol–water partition coefficient (Wildman–Crippen LogP) is 1.95. The van der Waals surface area contributed by atoms with Crippen LogP contribution >= 0.6 is 0 Å². The van der Waals surface area contributed by atoms with Gasteiger partial charge in [0.25, 0.3) is 0 Å². The van der Waals surface area contributed by atoms with E-state index in [9.17, 15) is 0 Å². The maximum absolute atomic E-state index is 5.32. The number of nitrogens with one attached hydrogen (secondary N) is 1. The van der Waals surface area contributed by atoms with Crippen LogP contribution in [0.25, 0.3) is 0 Å². The van der Waals surface area contributed by atoms with E-state index in [0.29, 0.717) is 6.04 Å². The molecule has 2 heterocycles. The number of nitrogens with zero attached hydrogens (tertiary/aromatic N) is 2. The molecular weight excluding hydrogens is 214 g/mol. The second kappa shape index (κ2) is 6.17. The van der Waals surface area contributed by atoms with E-state index in [1.165, 1.54) is 19.3 Å². The van der Waals surface area contributed by atoms with Crippen molar-refractivity contribution in [2.75, 3.05) is 19.6 Å². The molecule has 0 saturated carbocycles. The van der Waals surface area contributed by atoms with Gasteiger partial charge in [0, 0.05) is 12.1 Å². The molecule has 1 N–H and O–H groups in total. The van der Waals surface area contributed by atoms with Gasteiger partial charge in [-0.3, -0.25) is 4.90 Å². The summed E-state index contributed by atoms with van der Waals surface area (Å²) in [6.07, 6.45) is 3.68. The Bertz CT molecular complexity index is 331. The molecule has 2 rings (SSSR count). The zero-order chi connectivity index (χ0) is 12.1. The first-order chi connectivity index (χ1) is 8.29. The third-order valence-corrected chi connectivity index (χ3v) is 3.37. The zero-order valence-corrected chi connectivity index (χ0v) is 10.9. The molecule has 4 heteroatoms. The summed E-state index contributed by atoms with van der Waals surface area (Å²) in [5.41, 5.74) is 0.974. The van der Waals surface area contributed by atoms with Gasteiger partial charge >= 0.3 is 0 Å². The van der Waals surface area contributed by atoms with Crippen LogP contribution < -0.4 is 5.32 Å². The molecule has 1 aliphatic rings. The van der Waals surface area contributed by atoms with E-state index in [-0.39, 0.29) is 0 Å². The van der Waals surface area contributed by atoms with Crippen LogP contribution in [-0.4, -0.2) is 35.7 Å². The highest BCUT2D eigenvalue weighted by molar-refractivity contribution is 5.03. The van der Waals surface area contributed by atoms with Crippen LogP contribution in [0.1, 0.15) is 37.6 Å². The average Bonchev–Trinajstić information content (AvgIpc) is 2.75. The monoisotopic (exact) mass is 237 g/mol. The van der Waals surface area contributed by atoms with Crippen molar-refractivity contribution in [2.45, 2.75) is 45.7 Å². The first kappa shape index (κ1) is 12.6. The molecule has 0 atom stereocenters. The lowest BCUT2D eigenvalue weighted by atomic mass is 10.0. The molecule has 4 nitrogen and oxygen atoms in total. The lowest BCUT2D eigenvalue weighted by molar-refractivity contribution is 0.139. The molecule has 0 spiro atoms. The third kappa shape index (κ3) is 3.54. The van der Waals surface area contributed by atoms with E-state index in [1.807, 2.05) is 13.0 Å². The molecule has 96 valence electrons. The van der Waals surface area contributed by atoms with Crippen LogP contribution in [0.15, 0.2) is 10.6 Å². The van der Waals surface area contributed by atoms with Crippen LogP contribution in [0.5, 0.6) is 0 Å². The summed E-state index contributed by atoms with van der Waals surface area (Å²) in [6, 6.07) is 2.74. The van der Waals surface area contributed by atoms with Gasteiger partial charge in [0.15, 0.2) is 5.76 Å². The van der Waals surface area contributed by atoms with E-state index in [1.54, 1.807) is 0 Å². The Labute approximate surface area is 103 Å². The number of hydrogen-bond acceptors (Lipinski definition) is 4. The predicted molar refractivity (Wildman–Crippen MR) is 67.8 cm³/mol. The molecule has 1 aromatic heterocycles. The van der Waals surface area contributed by atoms with Gasteiger partial charge in [-0.1, -0.05) is 12.1 Å². The average molecular weight is 237 g/mol. The molecule has 0 aliphatic carbocycles. The highest BCUT2D eigenvalue weighted by atomic mass is 16.5. The highest BCUT2D eigenvalue weighted by Crippen LogP contribution is 2.16. The van der Waals surface area contributed by atoms with E-state index >= 15 is 0 Å². The van der Waals surface area contributed by atoms with Crippen LogP contribution in [0.3, 0.4) is 0 Å². The normalized spacial score (nSPS) is 17.8.